The summed E-state index contributed by atoms with van der Waals surface area (Å²) in [6.07, 6.45) is 1.38. The molecule has 120 valence electrons. The zero-order chi connectivity index (χ0) is 16.2. The first-order chi connectivity index (χ1) is 11.2. The minimum atomic E-state index is 0.104. The number of fused-ring (bicyclic) bond motifs is 1. The lowest BCUT2D eigenvalue weighted by Gasteiger charge is -2.21. The van der Waals surface area contributed by atoms with Gasteiger partial charge in [0.25, 0.3) is 0 Å². The van der Waals surface area contributed by atoms with Crippen LogP contribution in [0.3, 0.4) is 0 Å². The lowest BCUT2D eigenvalue weighted by atomic mass is 9.97. The number of hydrogen-bond acceptors (Lipinski definition) is 3. The minimum absolute atomic E-state index is 0.104. The van der Waals surface area contributed by atoms with E-state index in [0.29, 0.717) is 6.42 Å². The van der Waals surface area contributed by atoms with E-state index in [1.165, 1.54) is 11.1 Å². The van der Waals surface area contributed by atoms with Crippen molar-refractivity contribution in [3.8, 4) is 5.75 Å². The van der Waals surface area contributed by atoms with Gasteiger partial charge >= 0.3 is 0 Å². The Kier molecular flexibility index (Phi) is 4.63. The molecule has 0 saturated heterocycles. The van der Waals surface area contributed by atoms with E-state index in [1.807, 2.05) is 24.3 Å². The van der Waals surface area contributed by atoms with Crippen molar-refractivity contribution in [1.29, 1.82) is 0 Å². The van der Waals surface area contributed by atoms with E-state index in [9.17, 15) is 4.79 Å². The minimum Gasteiger partial charge on any atom is -0.496 e. The maximum atomic E-state index is 11.4. The Morgan fingerprint density at radius 3 is 2.87 bits per heavy atom. The van der Waals surface area contributed by atoms with Gasteiger partial charge in [-0.15, -0.1) is 0 Å². The summed E-state index contributed by atoms with van der Waals surface area (Å²) in [5.41, 5.74) is 4.54. The van der Waals surface area contributed by atoms with Crippen molar-refractivity contribution in [2.45, 2.75) is 32.4 Å². The number of ether oxygens (including phenoxy) is 1. The fourth-order valence-corrected chi connectivity index (χ4v) is 2.90. The molecule has 0 spiro atoms. The molecule has 0 aromatic heterocycles. The number of para-hydroxylation sites is 1. The van der Waals surface area contributed by atoms with Crippen LogP contribution < -0.4 is 15.4 Å². The van der Waals surface area contributed by atoms with Crippen molar-refractivity contribution in [2.75, 3.05) is 12.4 Å². The van der Waals surface area contributed by atoms with Gasteiger partial charge < -0.3 is 15.4 Å². The van der Waals surface area contributed by atoms with Crippen LogP contribution in [-0.4, -0.2) is 13.0 Å². The van der Waals surface area contributed by atoms with Crippen LogP contribution in [0.15, 0.2) is 42.5 Å². The van der Waals surface area contributed by atoms with Gasteiger partial charge in [-0.25, -0.2) is 0 Å². The van der Waals surface area contributed by atoms with Gasteiger partial charge in [0, 0.05) is 30.3 Å². The van der Waals surface area contributed by atoms with E-state index in [4.69, 9.17) is 4.74 Å². The molecule has 3 rings (SSSR count). The third kappa shape index (κ3) is 3.54. The molecule has 1 amide bonds. The number of methoxy groups -OCH3 is 1. The number of hydrogen-bond donors (Lipinski definition) is 2. The van der Waals surface area contributed by atoms with Gasteiger partial charge in [0.15, 0.2) is 0 Å². The highest BCUT2D eigenvalue weighted by Crippen LogP contribution is 2.26. The standard InChI is InChI=1S/C19H22N2O2/c1-13(20-12-16-5-3-4-6-18(16)23-2)14-7-9-17-15(11-14)8-10-19(22)21-17/h3-7,9,11,13,20H,8,10,12H2,1-2H3,(H,21,22). The van der Waals surface area contributed by atoms with Gasteiger partial charge in [0.05, 0.1) is 7.11 Å². The monoisotopic (exact) mass is 310 g/mol. The predicted molar refractivity (Wildman–Crippen MR) is 91.6 cm³/mol. The highest BCUT2D eigenvalue weighted by Gasteiger charge is 2.16. The SMILES string of the molecule is COc1ccccc1CNC(C)c1ccc2c(c1)CCC(=O)N2. The average Bonchev–Trinajstić information content (AvgIpc) is 2.59. The molecule has 23 heavy (non-hydrogen) atoms. The third-order valence-electron chi connectivity index (χ3n) is 4.32. The first-order valence-electron chi connectivity index (χ1n) is 7.95. The summed E-state index contributed by atoms with van der Waals surface area (Å²) in [7, 11) is 1.69. The number of carbonyl (C=O) groups excluding carboxylic acids is 1. The Balaban J connectivity index is 1.69. The fourth-order valence-electron chi connectivity index (χ4n) is 2.90. The lowest BCUT2D eigenvalue weighted by Crippen LogP contribution is -2.21. The average molecular weight is 310 g/mol. The Labute approximate surface area is 136 Å². The van der Waals surface area contributed by atoms with Crippen molar-refractivity contribution in [2.24, 2.45) is 0 Å². The molecule has 1 aliphatic rings. The molecule has 2 aromatic rings. The summed E-state index contributed by atoms with van der Waals surface area (Å²) >= 11 is 0. The normalized spacial score (nSPS) is 14.8. The van der Waals surface area contributed by atoms with Crippen molar-refractivity contribution in [3.05, 3.63) is 59.2 Å². The Bertz CT molecular complexity index is 712. The van der Waals surface area contributed by atoms with Gasteiger partial charge in [-0.1, -0.05) is 30.3 Å². The van der Waals surface area contributed by atoms with Gasteiger partial charge in [-0.2, -0.15) is 0 Å². The Hall–Kier alpha value is -2.33. The van der Waals surface area contributed by atoms with Crippen LogP contribution in [0.4, 0.5) is 5.69 Å². The van der Waals surface area contributed by atoms with Crippen molar-refractivity contribution in [1.82, 2.24) is 5.32 Å². The largest absolute Gasteiger partial charge is 0.496 e. The quantitative estimate of drug-likeness (QED) is 0.889. The van der Waals surface area contributed by atoms with Crippen LogP contribution in [0, 0.1) is 0 Å². The Morgan fingerprint density at radius 1 is 1.22 bits per heavy atom. The number of nitrogens with one attached hydrogen (secondary N) is 2. The van der Waals surface area contributed by atoms with Crippen LogP contribution in [0.2, 0.25) is 0 Å². The van der Waals surface area contributed by atoms with E-state index in [-0.39, 0.29) is 11.9 Å². The summed E-state index contributed by atoms with van der Waals surface area (Å²) in [6.45, 7) is 2.90. The van der Waals surface area contributed by atoms with Crippen LogP contribution in [-0.2, 0) is 17.8 Å². The number of anilines is 1. The van der Waals surface area contributed by atoms with Gasteiger partial charge in [-0.3, -0.25) is 4.79 Å². The molecular formula is C19H22N2O2. The molecular weight excluding hydrogens is 288 g/mol. The number of aryl methyl sites for hydroxylation is 1. The van der Waals surface area contributed by atoms with E-state index < -0.39 is 0 Å². The maximum Gasteiger partial charge on any atom is 0.224 e. The van der Waals surface area contributed by atoms with Gasteiger partial charge in [0.2, 0.25) is 5.91 Å². The van der Waals surface area contributed by atoms with Crippen molar-refractivity contribution < 1.29 is 9.53 Å². The molecule has 1 aliphatic heterocycles. The lowest BCUT2D eigenvalue weighted by molar-refractivity contribution is -0.116. The summed E-state index contributed by atoms with van der Waals surface area (Å²) in [6, 6.07) is 14.5. The highest BCUT2D eigenvalue weighted by molar-refractivity contribution is 5.93. The maximum absolute atomic E-state index is 11.4. The fraction of sp³-hybridized carbons (Fsp3) is 0.316. The van der Waals surface area contributed by atoms with Crippen LogP contribution in [0.25, 0.3) is 0 Å². The zero-order valence-electron chi connectivity index (χ0n) is 13.6. The van der Waals surface area contributed by atoms with Crippen LogP contribution in [0.5, 0.6) is 5.75 Å². The molecule has 1 unspecified atom stereocenters. The van der Waals surface area contributed by atoms with Crippen LogP contribution >= 0.6 is 0 Å². The molecule has 0 bridgehead atoms. The molecule has 0 aliphatic carbocycles. The van der Waals surface area contributed by atoms with E-state index in [2.05, 4.69) is 35.8 Å². The summed E-state index contributed by atoms with van der Waals surface area (Å²) in [4.78, 5) is 11.4. The third-order valence-corrected chi connectivity index (χ3v) is 4.32. The first kappa shape index (κ1) is 15.6. The zero-order valence-corrected chi connectivity index (χ0v) is 13.6. The summed E-state index contributed by atoms with van der Waals surface area (Å²) in [5.74, 6) is 1.01. The number of carbonyl (C=O) groups is 1. The second kappa shape index (κ2) is 6.84. The molecule has 2 N–H and O–H groups in total. The second-order valence-electron chi connectivity index (χ2n) is 5.88. The second-order valence-corrected chi connectivity index (χ2v) is 5.88. The molecule has 1 heterocycles. The van der Waals surface area contributed by atoms with Gasteiger partial charge in [-0.05, 0) is 36.6 Å². The van der Waals surface area contributed by atoms with Crippen LogP contribution in [0.1, 0.15) is 36.1 Å². The molecule has 4 nitrogen and oxygen atoms in total. The predicted octanol–water partition coefficient (Wildman–Crippen LogP) is 3.43. The van der Waals surface area contributed by atoms with Crippen molar-refractivity contribution in [3.63, 3.8) is 0 Å². The van der Waals surface area contributed by atoms with Crippen molar-refractivity contribution >= 4 is 11.6 Å². The summed E-state index contributed by atoms with van der Waals surface area (Å²) in [5, 5.41) is 6.46. The molecule has 2 aromatic carbocycles. The number of amides is 1. The van der Waals surface area contributed by atoms with E-state index in [1.54, 1.807) is 7.11 Å². The van der Waals surface area contributed by atoms with E-state index in [0.717, 1.165) is 30.0 Å². The Morgan fingerprint density at radius 2 is 2.04 bits per heavy atom. The number of rotatable bonds is 5. The summed E-state index contributed by atoms with van der Waals surface area (Å²) < 4.78 is 5.39. The molecule has 1 atom stereocenters. The molecule has 0 saturated carbocycles. The smallest absolute Gasteiger partial charge is 0.224 e. The highest BCUT2D eigenvalue weighted by atomic mass is 16.5. The first-order valence-corrected chi connectivity index (χ1v) is 7.95. The molecule has 4 heteroatoms. The molecule has 0 fully saturated rings. The van der Waals surface area contributed by atoms with Gasteiger partial charge in [0.1, 0.15) is 5.75 Å². The topological polar surface area (TPSA) is 50.4 Å². The molecule has 0 radical (unpaired) electrons. The number of benzene rings is 2. The van der Waals surface area contributed by atoms with E-state index >= 15 is 0 Å².